The lowest BCUT2D eigenvalue weighted by Crippen LogP contribution is -2.56. The summed E-state index contributed by atoms with van der Waals surface area (Å²) in [7, 11) is 0. The molecule has 2 aliphatic heterocycles. The van der Waals surface area contributed by atoms with Gasteiger partial charge in [0, 0.05) is 70.2 Å². The molecule has 14 heteroatoms. The van der Waals surface area contributed by atoms with Gasteiger partial charge in [-0.1, -0.05) is 30.3 Å². The molecule has 1 aromatic heterocycles. The molecular weight excluding hydrogens is 560 g/mol. The van der Waals surface area contributed by atoms with E-state index in [1.54, 1.807) is 13.0 Å². The van der Waals surface area contributed by atoms with Crippen molar-refractivity contribution in [1.29, 1.82) is 0 Å². The van der Waals surface area contributed by atoms with Gasteiger partial charge < -0.3 is 34.6 Å². The molecule has 1 atom stereocenters. The van der Waals surface area contributed by atoms with E-state index in [1.807, 2.05) is 35.2 Å². The zero-order valence-corrected chi connectivity index (χ0v) is 24.0. The van der Waals surface area contributed by atoms with Crippen LogP contribution in [-0.4, -0.2) is 113 Å². The maximum Gasteiger partial charge on any atom is 0.409 e. The Kier molecular flexibility index (Phi) is 10.8. The highest BCUT2D eigenvalue weighted by molar-refractivity contribution is 5.97. The molecule has 4 rings (SSSR count). The molecule has 0 spiro atoms. The highest BCUT2D eigenvalue weighted by Gasteiger charge is 2.32. The van der Waals surface area contributed by atoms with E-state index in [0.717, 1.165) is 0 Å². The average molecular weight is 597 g/mol. The predicted molar refractivity (Wildman–Crippen MR) is 153 cm³/mol. The number of anilines is 1. The van der Waals surface area contributed by atoms with Crippen molar-refractivity contribution in [3.8, 4) is 11.4 Å². The fourth-order valence-corrected chi connectivity index (χ4v) is 5.03. The second kappa shape index (κ2) is 14.9. The number of carboxylic acids is 1. The normalized spacial score (nSPS) is 16.3. The van der Waals surface area contributed by atoms with Crippen molar-refractivity contribution in [3.05, 3.63) is 42.1 Å². The quantitative estimate of drug-likeness (QED) is 0.361. The smallest absolute Gasteiger partial charge is 0.409 e. The Balaban J connectivity index is 1.54. The molecule has 2 aromatic rings. The van der Waals surface area contributed by atoms with Crippen LogP contribution in [0.15, 0.2) is 36.4 Å². The minimum Gasteiger partial charge on any atom is -0.481 e. The Morgan fingerprint density at radius 2 is 1.70 bits per heavy atom. The van der Waals surface area contributed by atoms with E-state index < -0.39 is 29.9 Å². The van der Waals surface area contributed by atoms with Gasteiger partial charge in [-0.05, 0) is 13.3 Å². The molecule has 0 aliphatic carbocycles. The fraction of sp³-hybridized carbons (Fsp3) is 0.483. The van der Waals surface area contributed by atoms with Gasteiger partial charge >= 0.3 is 12.1 Å². The van der Waals surface area contributed by atoms with Gasteiger partial charge in [0.25, 0.3) is 12.4 Å². The summed E-state index contributed by atoms with van der Waals surface area (Å²) < 4.78 is 10.1. The number of carbonyl (C=O) groups excluding carboxylic acids is 4. The minimum absolute atomic E-state index is 0.0235. The largest absolute Gasteiger partial charge is 0.481 e. The second-order valence-electron chi connectivity index (χ2n) is 10.2. The summed E-state index contributed by atoms with van der Waals surface area (Å²) in [6.45, 7) is 4.44. The number of ether oxygens (including phenoxy) is 2. The van der Waals surface area contributed by atoms with E-state index in [2.05, 4.69) is 10.3 Å². The average Bonchev–Trinajstić information content (AvgIpc) is 3.03. The zero-order valence-electron chi connectivity index (χ0n) is 24.0. The number of aliphatic carboxylic acids is 1. The molecule has 2 N–H and O–H groups in total. The molecule has 3 heterocycles. The van der Waals surface area contributed by atoms with Crippen molar-refractivity contribution < 1.29 is 38.6 Å². The van der Waals surface area contributed by atoms with Crippen LogP contribution in [0.3, 0.4) is 0 Å². The number of nitrogens with zero attached hydrogens (tertiary/aromatic N) is 5. The van der Waals surface area contributed by atoms with Crippen LogP contribution in [0, 0.1) is 0 Å². The third-order valence-corrected chi connectivity index (χ3v) is 7.36. The molecule has 1 aromatic carbocycles. The molecule has 2 saturated heterocycles. The Bertz CT molecular complexity index is 1290. The van der Waals surface area contributed by atoms with Gasteiger partial charge in [-0.25, -0.2) is 14.8 Å². The third-order valence-electron chi connectivity index (χ3n) is 7.36. The number of carbonyl (C=O) groups is 5. The predicted octanol–water partition coefficient (Wildman–Crippen LogP) is 1.55. The summed E-state index contributed by atoms with van der Waals surface area (Å²) in [5, 5.41) is 12.0. The lowest BCUT2D eigenvalue weighted by atomic mass is 10.1. The first-order valence-corrected chi connectivity index (χ1v) is 14.3. The van der Waals surface area contributed by atoms with Gasteiger partial charge in [-0.2, -0.15) is 0 Å². The van der Waals surface area contributed by atoms with E-state index in [4.69, 9.17) is 14.5 Å². The van der Waals surface area contributed by atoms with Crippen LogP contribution in [-0.2, 0) is 23.9 Å². The maximum absolute atomic E-state index is 13.6. The van der Waals surface area contributed by atoms with E-state index in [1.165, 1.54) is 9.80 Å². The van der Waals surface area contributed by atoms with Crippen molar-refractivity contribution in [2.75, 3.05) is 50.8 Å². The van der Waals surface area contributed by atoms with Crippen molar-refractivity contribution in [2.45, 2.75) is 44.8 Å². The van der Waals surface area contributed by atoms with Gasteiger partial charge in [0.05, 0.1) is 6.61 Å². The second-order valence-corrected chi connectivity index (χ2v) is 10.2. The summed E-state index contributed by atoms with van der Waals surface area (Å²) in [5.41, 5.74) is 0.714. The first kappa shape index (κ1) is 31.2. The Labute approximate surface area is 249 Å². The van der Waals surface area contributed by atoms with Crippen molar-refractivity contribution >= 4 is 36.2 Å². The summed E-state index contributed by atoms with van der Waals surface area (Å²) in [6.07, 6.45) is 0.0971. The van der Waals surface area contributed by atoms with Gasteiger partial charge in [0.2, 0.25) is 5.91 Å². The number of amides is 3. The van der Waals surface area contributed by atoms with E-state index >= 15 is 0 Å². The Morgan fingerprint density at radius 3 is 2.33 bits per heavy atom. The molecule has 14 nitrogen and oxygen atoms in total. The van der Waals surface area contributed by atoms with Crippen molar-refractivity contribution in [1.82, 2.24) is 25.1 Å². The number of nitrogens with one attached hydrogen (secondary N) is 1. The van der Waals surface area contributed by atoms with Crippen LogP contribution in [0.4, 0.5) is 10.6 Å². The molecule has 0 bridgehead atoms. The first-order chi connectivity index (χ1) is 20.8. The van der Waals surface area contributed by atoms with Crippen LogP contribution >= 0.6 is 0 Å². The number of benzene rings is 1. The van der Waals surface area contributed by atoms with Crippen molar-refractivity contribution in [3.63, 3.8) is 0 Å². The van der Waals surface area contributed by atoms with Gasteiger partial charge in [-0.3, -0.25) is 19.2 Å². The number of piperazine rings is 1. The van der Waals surface area contributed by atoms with Gasteiger partial charge in [-0.15, -0.1) is 0 Å². The van der Waals surface area contributed by atoms with Crippen molar-refractivity contribution in [2.24, 2.45) is 0 Å². The van der Waals surface area contributed by atoms with Crippen LogP contribution in [0.1, 0.15) is 43.1 Å². The Morgan fingerprint density at radius 1 is 1.02 bits per heavy atom. The number of hydrogen-bond donors (Lipinski definition) is 2. The van der Waals surface area contributed by atoms with Crippen LogP contribution in [0.25, 0.3) is 11.4 Å². The van der Waals surface area contributed by atoms with E-state index in [0.29, 0.717) is 49.6 Å². The number of hydrogen-bond acceptors (Lipinski definition) is 10. The molecule has 2 fully saturated rings. The molecule has 43 heavy (non-hydrogen) atoms. The fourth-order valence-electron chi connectivity index (χ4n) is 5.03. The number of piperidine rings is 1. The Hall–Kier alpha value is -4.75. The van der Waals surface area contributed by atoms with Crippen LogP contribution in [0.2, 0.25) is 0 Å². The summed E-state index contributed by atoms with van der Waals surface area (Å²) >= 11 is 0. The SMILES string of the molecule is CCOC(=O)N1CCN(C(=O)C(CCC(=O)O)NC(=O)c2cc(N3CCC(OC=O)CC3)nc(-c3ccccc3)n2)CC1. The molecule has 1 unspecified atom stereocenters. The molecule has 230 valence electrons. The maximum atomic E-state index is 13.6. The number of aromatic nitrogens is 2. The van der Waals surface area contributed by atoms with Gasteiger partial charge in [0.15, 0.2) is 5.82 Å². The minimum atomic E-state index is -1.12. The zero-order chi connectivity index (χ0) is 30.8. The molecular formula is C29H36N6O8. The lowest BCUT2D eigenvalue weighted by molar-refractivity contribution is -0.138. The summed E-state index contributed by atoms with van der Waals surface area (Å²) in [4.78, 5) is 75.4. The monoisotopic (exact) mass is 596 g/mol. The highest BCUT2D eigenvalue weighted by atomic mass is 16.6. The molecule has 3 amide bonds. The standard InChI is InChI=1S/C29H36N6O8/c1-2-42-29(41)35-16-14-34(15-17-35)28(40)22(8-9-25(37)38)31-27(39)23-18-24(33-12-10-21(11-13-33)43-19-36)32-26(30-23)20-6-4-3-5-7-20/h3-7,18-19,21-22H,2,8-17H2,1H3,(H,31,39)(H,37,38). The van der Waals surface area contributed by atoms with E-state index in [-0.39, 0.29) is 57.4 Å². The molecule has 2 aliphatic rings. The summed E-state index contributed by atoms with van der Waals surface area (Å²) in [5.74, 6) is -1.36. The van der Waals surface area contributed by atoms with E-state index in [9.17, 15) is 29.1 Å². The third kappa shape index (κ3) is 8.40. The molecule has 0 saturated carbocycles. The molecule has 0 radical (unpaired) electrons. The van der Waals surface area contributed by atoms with Crippen LogP contribution in [0.5, 0.6) is 0 Å². The number of rotatable bonds is 11. The summed E-state index contributed by atoms with van der Waals surface area (Å²) in [6, 6.07) is 9.57. The number of carboxylic acid groups (broad SMARTS) is 1. The first-order valence-electron chi connectivity index (χ1n) is 14.3. The lowest BCUT2D eigenvalue weighted by Gasteiger charge is -2.36. The topological polar surface area (TPSA) is 172 Å². The highest BCUT2D eigenvalue weighted by Crippen LogP contribution is 2.24. The van der Waals surface area contributed by atoms with Crippen LogP contribution < -0.4 is 10.2 Å². The van der Waals surface area contributed by atoms with Gasteiger partial charge in [0.1, 0.15) is 23.7 Å².